The van der Waals surface area contributed by atoms with Crippen LogP contribution in [-0.2, 0) is 6.42 Å². The van der Waals surface area contributed by atoms with Gasteiger partial charge in [-0.2, -0.15) is 5.10 Å². The third kappa shape index (κ3) is 2.15. The summed E-state index contributed by atoms with van der Waals surface area (Å²) < 4.78 is 0. The quantitative estimate of drug-likeness (QED) is 0.769. The zero-order chi connectivity index (χ0) is 9.80. The lowest BCUT2D eigenvalue weighted by atomic mass is 10.1. The molecule has 3 heteroatoms. The fourth-order valence-corrected chi connectivity index (χ4v) is 1.67. The first kappa shape index (κ1) is 9.28. The monoisotopic (exact) mass is 206 g/mol. The number of H-pyrrole nitrogens is 1. The predicted octanol–water partition coefficient (Wildman–Crippen LogP) is 2.93. The predicted molar refractivity (Wildman–Crippen MR) is 57.3 cm³/mol. The Hall–Kier alpha value is -1.28. The first-order valence-corrected chi connectivity index (χ1v) is 4.96. The fourth-order valence-electron chi connectivity index (χ4n) is 1.37. The molecule has 2 rings (SSSR count). The number of alkyl halides is 1. The van der Waals surface area contributed by atoms with Crippen LogP contribution in [0, 0.1) is 0 Å². The molecule has 14 heavy (non-hydrogen) atoms. The van der Waals surface area contributed by atoms with Gasteiger partial charge in [0.05, 0.1) is 11.6 Å². The van der Waals surface area contributed by atoms with Gasteiger partial charge in [-0.15, -0.1) is 11.6 Å². The lowest BCUT2D eigenvalue weighted by Crippen LogP contribution is -1.93. The second kappa shape index (κ2) is 4.29. The summed E-state index contributed by atoms with van der Waals surface area (Å²) in [5, 5.41) is 6.63. The minimum atomic E-state index is -0.00356. The second-order valence-electron chi connectivity index (χ2n) is 3.19. The molecular weight excluding hydrogens is 196 g/mol. The van der Waals surface area contributed by atoms with Gasteiger partial charge in [-0.1, -0.05) is 30.3 Å². The average molecular weight is 207 g/mol. The van der Waals surface area contributed by atoms with Gasteiger partial charge in [0, 0.05) is 11.8 Å². The first-order chi connectivity index (χ1) is 6.86. The topological polar surface area (TPSA) is 28.7 Å². The van der Waals surface area contributed by atoms with Gasteiger partial charge in [0.25, 0.3) is 0 Å². The molecule has 0 amide bonds. The Morgan fingerprint density at radius 2 is 2.07 bits per heavy atom. The highest BCUT2D eigenvalue weighted by molar-refractivity contribution is 6.20. The van der Waals surface area contributed by atoms with Crippen LogP contribution in [0.25, 0.3) is 0 Å². The highest BCUT2D eigenvalue weighted by atomic mass is 35.5. The van der Waals surface area contributed by atoms with Crippen LogP contribution in [0.3, 0.4) is 0 Å². The van der Waals surface area contributed by atoms with Gasteiger partial charge in [-0.05, 0) is 12.0 Å². The van der Waals surface area contributed by atoms with Crippen LogP contribution < -0.4 is 0 Å². The number of aromatic amines is 1. The summed E-state index contributed by atoms with van der Waals surface area (Å²) >= 11 is 6.22. The molecule has 0 spiro atoms. The molecule has 0 saturated heterocycles. The van der Waals surface area contributed by atoms with Crippen molar-refractivity contribution in [3.63, 3.8) is 0 Å². The van der Waals surface area contributed by atoms with Crippen LogP contribution >= 0.6 is 11.6 Å². The molecule has 72 valence electrons. The molecule has 0 fully saturated rings. The maximum absolute atomic E-state index is 6.22. The van der Waals surface area contributed by atoms with Crippen molar-refractivity contribution in [3.8, 4) is 0 Å². The maximum Gasteiger partial charge on any atom is 0.0656 e. The molecule has 1 aromatic carbocycles. The smallest absolute Gasteiger partial charge is 0.0656 e. The van der Waals surface area contributed by atoms with E-state index in [2.05, 4.69) is 22.3 Å². The molecule has 0 saturated carbocycles. The molecule has 1 heterocycles. The zero-order valence-electron chi connectivity index (χ0n) is 7.65. The Morgan fingerprint density at radius 1 is 1.29 bits per heavy atom. The maximum atomic E-state index is 6.22. The van der Waals surface area contributed by atoms with Gasteiger partial charge in [0.15, 0.2) is 0 Å². The molecule has 0 radical (unpaired) electrons. The van der Waals surface area contributed by atoms with E-state index in [0.717, 1.165) is 12.0 Å². The van der Waals surface area contributed by atoms with Crippen LogP contribution in [0.4, 0.5) is 0 Å². The van der Waals surface area contributed by atoms with Gasteiger partial charge < -0.3 is 0 Å². The highest BCUT2D eigenvalue weighted by Crippen LogP contribution is 2.23. The fraction of sp³-hybridized carbons (Fsp3) is 0.182. The summed E-state index contributed by atoms with van der Waals surface area (Å²) in [6, 6.07) is 10.2. The van der Waals surface area contributed by atoms with E-state index in [4.69, 9.17) is 11.6 Å². The minimum Gasteiger partial charge on any atom is -0.285 e. The number of benzene rings is 1. The van der Waals surface area contributed by atoms with Gasteiger partial charge in [-0.3, -0.25) is 5.10 Å². The number of nitrogens with zero attached hydrogens (tertiary/aromatic N) is 1. The zero-order valence-corrected chi connectivity index (χ0v) is 8.41. The number of halogens is 1. The Kier molecular flexibility index (Phi) is 2.84. The van der Waals surface area contributed by atoms with Crippen molar-refractivity contribution >= 4 is 11.6 Å². The van der Waals surface area contributed by atoms with E-state index >= 15 is 0 Å². The molecule has 0 aliphatic carbocycles. The molecule has 1 aromatic heterocycles. The Labute approximate surface area is 87.9 Å². The molecule has 0 aliphatic heterocycles. The van der Waals surface area contributed by atoms with Crippen LogP contribution in [0.2, 0.25) is 0 Å². The average Bonchev–Trinajstić information content (AvgIpc) is 2.72. The van der Waals surface area contributed by atoms with E-state index in [1.165, 1.54) is 5.56 Å². The molecule has 2 nitrogen and oxygen atoms in total. The van der Waals surface area contributed by atoms with Crippen molar-refractivity contribution in [1.82, 2.24) is 10.2 Å². The van der Waals surface area contributed by atoms with E-state index in [1.807, 2.05) is 24.4 Å². The van der Waals surface area contributed by atoms with Crippen LogP contribution in [-0.4, -0.2) is 10.2 Å². The Morgan fingerprint density at radius 3 is 2.71 bits per heavy atom. The number of rotatable bonds is 3. The third-order valence-electron chi connectivity index (χ3n) is 2.14. The lowest BCUT2D eigenvalue weighted by molar-refractivity contribution is 0.921. The van der Waals surface area contributed by atoms with Gasteiger partial charge in [0.1, 0.15) is 0 Å². The normalized spacial score (nSPS) is 12.6. The van der Waals surface area contributed by atoms with Crippen molar-refractivity contribution in [2.75, 3.05) is 0 Å². The van der Waals surface area contributed by atoms with Crippen molar-refractivity contribution in [2.24, 2.45) is 0 Å². The molecule has 1 unspecified atom stereocenters. The summed E-state index contributed by atoms with van der Waals surface area (Å²) in [5.41, 5.74) is 2.28. The number of aromatic nitrogens is 2. The molecular formula is C11H11ClN2. The van der Waals surface area contributed by atoms with E-state index in [1.54, 1.807) is 6.20 Å². The highest BCUT2D eigenvalue weighted by Gasteiger charge is 2.09. The summed E-state index contributed by atoms with van der Waals surface area (Å²) in [6.45, 7) is 0. The van der Waals surface area contributed by atoms with Crippen LogP contribution in [0.1, 0.15) is 16.5 Å². The summed E-state index contributed by atoms with van der Waals surface area (Å²) in [4.78, 5) is 0. The summed E-state index contributed by atoms with van der Waals surface area (Å²) in [5.74, 6) is 0. The molecule has 2 aromatic rings. The van der Waals surface area contributed by atoms with Crippen molar-refractivity contribution in [2.45, 2.75) is 11.8 Å². The SMILES string of the molecule is ClC(Cc1ccccc1)c1cn[nH]c1. The van der Waals surface area contributed by atoms with Gasteiger partial charge in [0.2, 0.25) is 0 Å². The number of nitrogens with one attached hydrogen (secondary N) is 1. The van der Waals surface area contributed by atoms with E-state index in [-0.39, 0.29) is 5.38 Å². The van der Waals surface area contributed by atoms with E-state index in [9.17, 15) is 0 Å². The lowest BCUT2D eigenvalue weighted by Gasteiger charge is -2.06. The molecule has 0 aliphatic rings. The second-order valence-corrected chi connectivity index (χ2v) is 3.72. The minimum absolute atomic E-state index is 0.00356. The van der Waals surface area contributed by atoms with E-state index < -0.39 is 0 Å². The first-order valence-electron chi connectivity index (χ1n) is 4.53. The third-order valence-corrected chi connectivity index (χ3v) is 2.55. The van der Waals surface area contributed by atoms with Crippen molar-refractivity contribution in [3.05, 3.63) is 53.9 Å². The van der Waals surface area contributed by atoms with Crippen molar-refractivity contribution in [1.29, 1.82) is 0 Å². The van der Waals surface area contributed by atoms with Crippen LogP contribution in [0.5, 0.6) is 0 Å². The van der Waals surface area contributed by atoms with Gasteiger partial charge >= 0.3 is 0 Å². The number of hydrogen-bond acceptors (Lipinski definition) is 1. The van der Waals surface area contributed by atoms with Crippen LogP contribution in [0.15, 0.2) is 42.7 Å². The number of hydrogen-bond donors (Lipinski definition) is 1. The largest absolute Gasteiger partial charge is 0.285 e. The molecule has 0 bridgehead atoms. The Balaban J connectivity index is 2.06. The van der Waals surface area contributed by atoms with E-state index in [0.29, 0.717) is 0 Å². The summed E-state index contributed by atoms with van der Waals surface area (Å²) in [7, 11) is 0. The van der Waals surface area contributed by atoms with Crippen molar-refractivity contribution < 1.29 is 0 Å². The van der Waals surface area contributed by atoms with Gasteiger partial charge in [-0.25, -0.2) is 0 Å². The molecule has 1 atom stereocenters. The molecule has 1 N–H and O–H groups in total. The summed E-state index contributed by atoms with van der Waals surface area (Å²) in [6.07, 6.45) is 4.43. The Bertz CT molecular complexity index is 369. The standard InChI is InChI=1S/C11H11ClN2/c12-11(10-7-13-14-8-10)6-9-4-2-1-3-5-9/h1-5,7-8,11H,6H2,(H,13,14).